The highest BCUT2D eigenvalue weighted by atomic mass is 79.9. The number of hydrogen-bond acceptors (Lipinski definition) is 4. The van der Waals surface area contributed by atoms with Gasteiger partial charge >= 0.3 is 0 Å². The maximum Gasteiger partial charge on any atom is 0.187 e. The van der Waals surface area contributed by atoms with E-state index in [0.29, 0.717) is 22.8 Å². The van der Waals surface area contributed by atoms with Gasteiger partial charge < -0.3 is 5.73 Å². The number of aromatic nitrogens is 4. The van der Waals surface area contributed by atoms with Crippen LogP contribution in [0.4, 0.5) is 10.1 Å². The van der Waals surface area contributed by atoms with Crippen LogP contribution in [0.1, 0.15) is 0 Å². The summed E-state index contributed by atoms with van der Waals surface area (Å²) in [6.07, 6.45) is 0. The van der Waals surface area contributed by atoms with Gasteiger partial charge in [-0.2, -0.15) is 4.68 Å². The maximum absolute atomic E-state index is 13.5. The predicted molar refractivity (Wildman–Crippen MR) is 81.7 cm³/mol. The van der Waals surface area contributed by atoms with Gasteiger partial charge in [-0.15, -0.1) is 5.10 Å². The van der Waals surface area contributed by atoms with Gasteiger partial charge in [0, 0.05) is 20.7 Å². The van der Waals surface area contributed by atoms with Crippen LogP contribution in [0.2, 0.25) is 5.02 Å². The third kappa shape index (κ3) is 2.88. The van der Waals surface area contributed by atoms with Crippen LogP contribution in [-0.2, 0) is 0 Å². The summed E-state index contributed by atoms with van der Waals surface area (Å²) in [5.41, 5.74) is 7.51. The molecule has 5 nitrogen and oxygen atoms in total. The van der Waals surface area contributed by atoms with Crippen LogP contribution in [0.25, 0.3) is 17.1 Å². The molecule has 0 bridgehead atoms. The maximum atomic E-state index is 13.5. The molecule has 2 N–H and O–H groups in total. The smallest absolute Gasteiger partial charge is 0.187 e. The summed E-state index contributed by atoms with van der Waals surface area (Å²) >= 11 is 9.23. The monoisotopic (exact) mass is 367 g/mol. The molecule has 106 valence electrons. The van der Waals surface area contributed by atoms with Crippen LogP contribution < -0.4 is 5.73 Å². The number of nitrogens with two attached hydrogens (primary N) is 1. The third-order valence-electron chi connectivity index (χ3n) is 2.74. The average molecular weight is 369 g/mol. The Morgan fingerprint density at radius 2 is 1.95 bits per heavy atom. The Bertz CT molecular complexity index is 714. The zero-order valence-electron chi connectivity index (χ0n) is 10.5. The van der Waals surface area contributed by atoms with Crippen molar-refractivity contribution in [1.29, 1.82) is 0 Å². The van der Waals surface area contributed by atoms with Crippen LogP contribution in [0.3, 0.4) is 0 Å². The summed E-state index contributed by atoms with van der Waals surface area (Å²) in [6.45, 7) is 0. The van der Waals surface area contributed by atoms with E-state index in [2.05, 4.69) is 31.5 Å². The molecule has 3 aromatic rings. The lowest BCUT2D eigenvalue weighted by molar-refractivity contribution is 0.625. The fraction of sp³-hybridized carbons (Fsp3) is 0. The highest BCUT2D eigenvalue weighted by Crippen LogP contribution is 2.27. The van der Waals surface area contributed by atoms with Crippen LogP contribution in [-0.4, -0.2) is 20.2 Å². The SMILES string of the molecule is Nc1cc(Br)cc(-c2nnnn2-c2cc(F)cc(Cl)c2)c1. The molecule has 1 aromatic heterocycles. The van der Waals surface area contributed by atoms with Crippen LogP contribution >= 0.6 is 27.5 Å². The Hall–Kier alpha value is -1.99. The van der Waals surface area contributed by atoms with Gasteiger partial charge in [0.05, 0.1) is 5.69 Å². The topological polar surface area (TPSA) is 69.6 Å². The zero-order chi connectivity index (χ0) is 15.0. The summed E-state index contributed by atoms with van der Waals surface area (Å²) in [7, 11) is 0. The largest absolute Gasteiger partial charge is 0.399 e. The number of tetrazole rings is 1. The summed E-state index contributed by atoms with van der Waals surface area (Å²) in [5, 5.41) is 11.7. The number of nitrogens with zero attached hydrogens (tertiary/aromatic N) is 4. The molecule has 0 radical (unpaired) electrons. The highest BCUT2D eigenvalue weighted by Gasteiger charge is 2.13. The number of rotatable bonds is 2. The van der Waals surface area contributed by atoms with Crippen molar-refractivity contribution < 1.29 is 4.39 Å². The molecule has 21 heavy (non-hydrogen) atoms. The van der Waals surface area contributed by atoms with Gasteiger partial charge in [-0.1, -0.05) is 27.5 Å². The van der Waals surface area contributed by atoms with E-state index in [0.717, 1.165) is 4.47 Å². The number of anilines is 1. The Morgan fingerprint density at radius 1 is 1.14 bits per heavy atom. The first-order valence-corrected chi connectivity index (χ1v) is 7.01. The molecule has 0 saturated carbocycles. The second kappa shape index (κ2) is 5.42. The third-order valence-corrected chi connectivity index (χ3v) is 3.42. The van der Waals surface area contributed by atoms with Gasteiger partial charge in [-0.05, 0) is 46.8 Å². The number of halogens is 3. The molecule has 2 aromatic carbocycles. The summed E-state index contributed by atoms with van der Waals surface area (Å²) in [6, 6.07) is 9.40. The second-order valence-electron chi connectivity index (χ2n) is 4.32. The van der Waals surface area contributed by atoms with E-state index in [1.807, 2.05) is 6.07 Å². The molecule has 0 saturated heterocycles. The molecule has 8 heteroatoms. The molecule has 0 spiro atoms. The molecular weight excluding hydrogens is 361 g/mol. The van der Waals surface area contributed by atoms with Crippen molar-refractivity contribution in [1.82, 2.24) is 20.2 Å². The molecule has 0 unspecified atom stereocenters. The quantitative estimate of drug-likeness (QED) is 0.703. The van der Waals surface area contributed by atoms with Crippen molar-refractivity contribution >= 4 is 33.2 Å². The van der Waals surface area contributed by atoms with Crippen LogP contribution in [0.5, 0.6) is 0 Å². The molecule has 3 rings (SSSR count). The first-order valence-electron chi connectivity index (χ1n) is 5.84. The van der Waals surface area contributed by atoms with E-state index in [9.17, 15) is 4.39 Å². The van der Waals surface area contributed by atoms with Crippen molar-refractivity contribution in [3.05, 3.63) is 51.7 Å². The van der Waals surface area contributed by atoms with Crippen molar-refractivity contribution in [2.75, 3.05) is 5.73 Å². The van der Waals surface area contributed by atoms with E-state index in [1.54, 1.807) is 18.2 Å². The second-order valence-corrected chi connectivity index (χ2v) is 5.67. The molecule has 0 amide bonds. The van der Waals surface area contributed by atoms with E-state index in [4.69, 9.17) is 17.3 Å². The first-order chi connectivity index (χ1) is 10.0. The fourth-order valence-electron chi connectivity index (χ4n) is 1.94. The van der Waals surface area contributed by atoms with Crippen molar-refractivity contribution in [2.45, 2.75) is 0 Å². The summed E-state index contributed by atoms with van der Waals surface area (Å²) in [5.74, 6) is -0.0302. The van der Waals surface area contributed by atoms with E-state index in [1.165, 1.54) is 16.8 Å². The lowest BCUT2D eigenvalue weighted by Crippen LogP contribution is -2.01. The predicted octanol–water partition coefficient (Wildman–Crippen LogP) is 3.47. The normalized spacial score (nSPS) is 10.8. The van der Waals surface area contributed by atoms with Gasteiger partial charge in [0.1, 0.15) is 5.82 Å². The average Bonchev–Trinajstić information content (AvgIpc) is 2.85. The molecular formula is C13H8BrClFN5. The summed E-state index contributed by atoms with van der Waals surface area (Å²) < 4.78 is 15.7. The molecule has 0 aliphatic rings. The number of benzene rings is 2. The van der Waals surface area contributed by atoms with E-state index in [-0.39, 0.29) is 5.02 Å². The van der Waals surface area contributed by atoms with Crippen molar-refractivity contribution in [3.63, 3.8) is 0 Å². The van der Waals surface area contributed by atoms with Gasteiger partial charge in [-0.25, -0.2) is 4.39 Å². The standard InChI is InChI=1S/C13H8BrClFN5/c14-8-1-7(2-11(17)3-8)13-18-19-20-21(13)12-5-9(15)4-10(16)6-12/h1-6H,17H2. The van der Waals surface area contributed by atoms with E-state index >= 15 is 0 Å². The Balaban J connectivity index is 2.16. The molecule has 1 heterocycles. The Kier molecular flexibility index (Phi) is 3.60. The highest BCUT2D eigenvalue weighted by molar-refractivity contribution is 9.10. The summed E-state index contributed by atoms with van der Waals surface area (Å²) in [4.78, 5) is 0. The Labute approximate surface area is 132 Å². The zero-order valence-corrected chi connectivity index (χ0v) is 12.8. The number of nitrogen functional groups attached to an aromatic ring is 1. The van der Waals surface area contributed by atoms with Crippen LogP contribution in [0, 0.1) is 5.82 Å². The lowest BCUT2D eigenvalue weighted by atomic mass is 10.2. The van der Waals surface area contributed by atoms with E-state index < -0.39 is 5.82 Å². The minimum absolute atomic E-state index is 0.264. The Morgan fingerprint density at radius 3 is 2.67 bits per heavy atom. The van der Waals surface area contributed by atoms with Gasteiger partial charge in [0.15, 0.2) is 5.82 Å². The fourth-order valence-corrected chi connectivity index (χ4v) is 2.67. The minimum atomic E-state index is -0.465. The van der Waals surface area contributed by atoms with Gasteiger partial charge in [-0.3, -0.25) is 0 Å². The van der Waals surface area contributed by atoms with Crippen LogP contribution in [0.15, 0.2) is 40.9 Å². The van der Waals surface area contributed by atoms with Gasteiger partial charge in [0.2, 0.25) is 0 Å². The molecule has 0 aliphatic carbocycles. The first kappa shape index (κ1) is 14.0. The van der Waals surface area contributed by atoms with Gasteiger partial charge in [0.25, 0.3) is 0 Å². The minimum Gasteiger partial charge on any atom is -0.399 e. The number of hydrogen-bond donors (Lipinski definition) is 1. The molecule has 0 atom stereocenters. The molecule has 0 fully saturated rings. The molecule has 0 aliphatic heterocycles. The van der Waals surface area contributed by atoms with Crippen molar-refractivity contribution in [3.8, 4) is 17.1 Å². The van der Waals surface area contributed by atoms with Crippen molar-refractivity contribution in [2.24, 2.45) is 0 Å². The lowest BCUT2D eigenvalue weighted by Gasteiger charge is -2.07.